The van der Waals surface area contributed by atoms with Crippen molar-refractivity contribution in [2.75, 3.05) is 13.1 Å². The molecule has 2 heteroatoms. The zero-order valence-electron chi connectivity index (χ0n) is 7.05. The fourth-order valence-electron chi connectivity index (χ4n) is 0.847. The van der Waals surface area contributed by atoms with Crippen molar-refractivity contribution in [2.45, 2.75) is 20.8 Å². The van der Waals surface area contributed by atoms with Crippen LogP contribution in [-0.4, -0.2) is 23.9 Å². The molecular formula is C8H16NO. The second-order valence-electron chi connectivity index (χ2n) is 2.41. The molecule has 0 aromatic rings. The minimum absolute atomic E-state index is 0.111. The second-order valence-corrected chi connectivity index (χ2v) is 2.41. The summed E-state index contributed by atoms with van der Waals surface area (Å²) < 4.78 is 0. The van der Waals surface area contributed by atoms with Gasteiger partial charge in [-0.05, 0) is 20.8 Å². The lowest BCUT2D eigenvalue weighted by Crippen LogP contribution is -2.33. The first-order chi connectivity index (χ1) is 4.63. The Morgan fingerprint density at radius 2 is 1.90 bits per heavy atom. The van der Waals surface area contributed by atoms with Gasteiger partial charge in [-0.1, -0.05) is 6.92 Å². The summed E-state index contributed by atoms with van der Waals surface area (Å²) in [6.45, 7) is 11.0. The molecule has 59 valence electrons. The van der Waals surface area contributed by atoms with Crippen molar-refractivity contribution in [3.05, 3.63) is 6.92 Å². The van der Waals surface area contributed by atoms with E-state index in [4.69, 9.17) is 0 Å². The third-order valence-corrected chi connectivity index (χ3v) is 1.50. The van der Waals surface area contributed by atoms with Crippen LogP contribution in [0.1, 0.15) is 20.8 Å². The molecule has 0 N–H and O–H groups in total. The number of rotatable bonds is 3. The minimum Gasteiger partial charge on any atom is -0.343 e. The van der Waals surface area contributed by atoms with Gasteiger partial charge in [-0.2, -0.15) is 0 Å². The Kier molecular flexibility index (Phi) is 4.08. The molecule has 1 atom stereocenters. The van der Waals surface area contributed by atoms with E-state index in [0.29, 0.717) is 0 Å². The minimum atomic E-state index is -0.111. The average Bonchev–Trinajstić information content (AvgIpc) is 1.90. The second kappa shape index (κ2) is 4.31. The molecule has 1 amide bonds. The van der Waals surface area contributed by atoms with Crippen LogP contribution in [0.15, 0.2) is 0 Å². The molecule has 0 aliphatic rings. The van der Waals surface area contributed by atoms with Gasteiger partial charge < -0.3 is 4.90 Å². The number of carbonyl (C=O) groups is 1. The molecular weight excluding hydrogens is 126 g/mol. The molecule has 0 heterocycles. The van der Waals surface area contributed by atoms with Gasteiger partial charge in [0.1, 0.15) is 0 Å². The van der Waals surface area contributed by atoms with Crippen molar-refractivity contribution in [1.29, 1.82) is 0 Å². The highest BCUT2D eigenvalue weighted by molar-refractivity contribution is 5.78. The van der Waals surface area contributed by atoms with Crippen LogP contribution in [0.25, 0.3) is 0 Å². The molecule has 0 fully saturated rings. The smallest absolute Gasteiger partial charge is 0.225 e. The fraction of sp³-hybridized carbons (Fsp3) is 0.750. The highest BCUT2D eigenvalue weighted by Gasteiger charge is 2.12. The van der Waals surface area contributed by atoms with Gasteiger partial charge in [0.05, 0.1) is 0 Å². The van der Waals surface area contributed by atoms with Crippen LogP contribution in [0.4, 0.5) is 0 Å². The van der Waals surface area contributed by atoms with Gasteiger partial charge in [0.25, 0.3) is 0 Å². The first-order valence-corrected chi connectivity index (χ1v) is 3.75. The number of amides is 1. The third kappa shape index (κ3) is 2.38. The molecule has 0 bridgehead atoms. The molecule has 0 aromatic carbocycles. The Balaban J connectivity index is 3.89. The standard InChI is InChI=1S/C8H16NO/c1-5-9(6-2)8(10)7(3)4/h7H,3,5-6H2,1-2,4H3/t7-/m1/s1. The molecule has 0 spiro atoms. The Morgan fingerprint density at radius 1 is 1.50 bits per heavy atom. The van der Waals surface area contributed by atoms with Crippen LogP contribution in [0.3, 0.4) is 0 Å². The molecule has 0 aromatic heterocycles. The lowest BCUT2D eigenvalue weighted by atomic mass is 10.2. The van der Waals surface area contributed by atoms with E-state index in [1.807, 2.05) is 20.8 Å². The number of hydrogen-bond donors (Lipinski definition) is 0. The Bertz CT molecular complexity index is 106. The van der Waals surface area contributed by atoms with Crippen LogP contribution in [0.2, 0.25) is 0 Å². The van der Waals surface area contributed by atoms with E-state index in [1.165, 1.54) is 0 Å². The number of carbonyl (C=O) groups excluding carboxylic acids is 1. The van der Waals surface area contributed by atoms with E-state index in [1.54, 1.807) is 4.90 Å². The highest BCUT2D eigenvalue weighted by Crippen LogP contribution is 1.99. The zero-order valence-corrected chi connectivity index (χ0v) is 7.05. The van der Waals surface area contributed by atoms with Crippen molar-refractivity contribution in [1.82, 2.24) is 4.90 Å². The Hall–Kier alpha value is -0.530. The van der Waals surface area contributed by atoms with Gasteiger partial charge in [-0.25, -0.2) is 0 Å². The molecule has 0 aliphatic heterocycles. The predicted molar refractivity (Wildman–Crippen MR) is 42.4 cm³/mol. The maximum atomic E-state index is 11.2. The molecule has 0 unspecified atom stereocenters. The van der Waals surface area contributed by atoms with Crippen LogP contribution >= 0.6 is 0 Å². The van der Waals surface area contributed by atoms with E-state index in [2.05, 4.69) is 6.92 Å². The van der Waals surface area contributed by atoms with E-state index in [0.717, 1.165) is 13.1 Å². The quantitative estimate of drug-likeness (QED) is 0.582. The normalized spacial score (nSPS) is 10.1. The first kappa shape index (κ1) is 9.47. The summed E-state index contributed by atoms with van der Waals surface area (Å²) >= 11 is 0. The maximum Gasteiger partial charge on any atom is 0.225 e. The first-order valence-electron chi connectivity index (χ1n) is 3.75. The molecule has 10 heavy (non-hydrogen) atoms. The summed E-state index contributed by atoms with van der Waals surface area (Å²) in [5, 5.41) is 0. The van der Waals surface area contributed by atoms with Crippen molar-refractivity contribution in [3.63, 3.8) is 0 Å². The number of hydrogen-bond acceptors (Lipinski definition) is 1. The van der Waals surface area contributed by atoms with Gasteiger partial charge >= 0.3 is 0 Å². The van der Waals surface area contributed by atoms with Gasteiger partial charge in [-0.15, -0.1) is 0 Å². The van der Waals surface area contributed by atoms with Crippen molar-refractivity contribution >= 4 is 5.91 Å². The Labute approximate surface area is 63.2 Å². The SMILES string of the molecule is [CH2][C@H](C)C(=O)N(CC)CC. The summed E-state index contributed by atoms with van der Waals surface area (Å²) in [7, 11) is 0. The van der Waals surface area contributed by atoms with Crippen molar-refractivity contribution < 1.29 is 4.79 Å². The van der Waals surface area contributed by atoms with Crippen LogP contribution in [0, 0.1) is 12.8 Å². The van der Waals surface area contributed by atoms with Gasteiger partial charge in [-0.3, -0.25) is 4.79 Å². The predicted octanol–water partition coefficient (Wildman–Crippen LogP) is 1.32. The largest absolute Gasteiger partial charge is 0.343 e. The summed E-state index contributed by atoms with van der Waals surface area (Å²) in [5.74, 6) is 0.0323. The van der Waals surface area contributed by atoms with E-state index in [9.17, 15) is 4.79 Å². The molecule has 0 rings (SSSR count). The van der Waals surface area contributed by atoms with Crippen molar-refractivity contribution in [2.24, 2.45) is 5.92 Å². The van der Waals surface area contributed by atoms with Crippen molar-refractivity contribution in [3.8, 4) is 0 Å². The van der Waals surface area contributed by atoms with Crippen LogP contribution in [-0.2, 0) is 4.79 Å². The summed E-state index contributed by atoms with van der Waals surface area (Å²) in [4.78, 5) is 13.0. The lowest BCUT2D eigenvalue weighted by molar-refractivity contribution is -0.133. The van der Waals surface area contributed by atoms with Gasteiger partial charge in [0, 0.05) is 19.0 Å². The topological polar surface area (TPSA) is 20.3 Å². The van der Waals surface area contributed by atoms with Gasteiger partial charge in [0.2, 0.25) is 5.91 Å². The molecule has 1 radical (unpaired) electrons. The molecule has 0 saturated heterocycles. The van der Waals surface area contributed by atoms with Gasteiger partial charge in [0.15, 0.2) is 0 Å². The maximum absolute atomic E-state index is 11.2. The summed E-state index contributed by atoms with van der Waals surface area (Å²) in [6, 6.07) is 0. The molecule has 2 nitrogen and oxygen atoms in total. The molecule has 0 saturated carbocycles. The molecule has 0 aliphatic carbocycles. The fourth-order valence-corrected chi connectivity index (χ4v) is 0.847. The van der Waals surface area contributed by atoms with E-state index in [-0.39, 0.29) is 11.8 Å². The number of nitrogens with zero attached hydrogens (tertiary/aromatic N) is 1. The lowest BCUT2D eigenvalue weighted by Gasteiger charge is -2.20. The van der Waals surface area contributed by atoms with Crippen LogP contribution < -0.4 is 0 Å². The summed E-state index contributed by atoms with van der Waals surface area (Å²) in [6.07, 6.45) is 0. The zero-order chi connectivity index (χ0) is 8.15. The highest BCUT2D eigenvalue weighted by atomic mass is 16.2. The average molecular weight is 142 g/mol. The monoisotopic (exact) mass is 142 g/mol. The van der Waals surface area contributed by atoms with E-state index < -0.39 is 0 Å². The van der Waals surface area contributed by atoms with E-state index >= 15 is 0 Å². The Morgan fingerprint density at radius 3 is 2.00 bits per heavy atom. The summed E-state index contributed by atoms with van der Waals surface area (Å²) in [5.41, 5.74) is 0. The van der Waals surface area contributed by atoms with Crippen LogP contribution in [0.5, 0.6) is 0 Å². The third-order valence-electron chi connectivity index (χ3n) is 1.50.